The Morgan fingerprint density at radius 2 is 2.05 bits per heavy atom. The van der Waals surface area contributed by atoms with Crippen LogP contribution in [0.25, 0.3) is 0 Å². The highest BCUT2D eigenvalue weighted by Gasteiger charge is 2.39. The molecule has 5 heteroatoms. The van der Waals surface area contributed by atoms with E-state index in [1.165, 1.54) is 0 Å². The molecule has 0 aliphatic carbocycles. The lowest BCUT2D eigenvalue weighted by atomic mass is 10.2. The molecule has 1 rings (SSSR count). The Kier molecular flexibility index (Phi) is 5.21. The molecule has 0 spiro atoms. The Balaban J connectivity index is 2.64. The molecule has 4 nitrogen and oxygen atoms in total. The molecule has 0 bridgehead atoms. The second-order valence-corrected chi connectivity index (χ2v) is 11.2. The highest BCUT2D eigenvalue weighted by atomic mass is 28.4. The lowest BCUT2D eigenvalue weighted by molar-refractivity contribution is 0.0900. The summed E-state index contributed by atoms with van der Waals surface area (Å²) >= 11 is 0. The Morgan fingerprint density at radius 3 is 2.58 bits per heavy atom. The average molecular weight is 285 g/mol. The minimum absolute atomic E-state index is 0.0148. The van der Waals surface area contributed by atoms with E-state index in [1.54, 1.807) is 4.90 Å². The fourth-order valence-corrected chi connectivity index (χ4v) is 2.95. The van der Waals surface area contributed by atoms with Crippen LogP contribution in [-0.2, 0) is 9.16 Å². The zero-order chi connectivity index (χ0) is 14.7. The van der Waals surface area contributed by atoms with Crippen LogP contribution in [0.5, 0.6) is 0 Å². The molecule has 0 unspecified atom stereocenters. The number of carbonyl (C=O) groups excluding carboxylic acids is 1. The third kappa shape index (κ3) is 4.35. The van der Waals surface area contributed by atoms with E-state index in [9.17, 15) is 4.79 Å². The number of rotatable bonds is 3. The molecule has 1 aliphatic heterocycles. The van der Waals surface area contributed by atoms with Crippen molar-refractivity contribution in [3.05, 3.63) is 12.2 Å². The summed E-state index contributed by atoms with van der Waals surface area (Å²) in [5.74, 6) is 0. The smallest absolute Gasteiger partial charge is 0.410 e. The molecule has 1 heterocycles. The Bertz CT molecular complexity index is 347. The van der Waals surface area contributed by atoms with Crippen molar-refractivity contribution in [2.75, 3.05) is 19.7 Å². The molecule has 0 saturated carbocycles. The predicted molar refractivity (Wildman–Crippen MR) is 79.8 cm³/mol. The van der Waals surface area contributed by atoms with Gasteiger partial charge in [0.25, 0.3) is 0 Å². The molecule has 0 N–H and O–H groups in total. The van der Waals surface area contributed by atoms with Gasteiger partial charge in [0.15, 0.2) is 8.32 Å². The average Bonchev–Trinajstić information content (AvgIpc) is 2.27. The van der Waals surface area contributed by atoms with E-state index in [0.29, 0.717) is 19.7 Å². The van der Waals surface area contributed by atoms with E-state index in [-0.39, 0.29) is 17.2 Å². The Hall–Kier alpha value is -0.813. The number of carbonyl (C=O) groups is 1. The molecule has 110 valence electrons. The lowest BCUT2D eigenvalue weighted by Gasteiger charge is -2.40. The summed E-state index contributed by atoms with van der Waals surface area (Å²) in [7, 11) is -1.81. The number of hydrogen-bond acceptors (Lipinski definition) is 3. The van der Waals surface area contributed by atoms with E-state index in [1.807, 2.05) is 13.0 Å². The van der Waals surface area contributed by atoms with E-state index in [4.69, 9.17) is 9.16 Å². The predicted octanol–water partition coefficient (Wildman–Crippen LogP) is 3.41. The van der Waals surface area contributed by atoms with Crippen molar-refractivity contribution in [3.63, 3.8) is 0 Å². The fourth-order valence-electron chi connectivity index (χ4n) is 1.69. The van der Waals surface area contributed by atoms with Gasteiger partial charge in [-0.25, -0.2) is 4.79 Å². The summed E-state index contributed by atoms with van der Waals surface area (Å²) in [5, 5.41) is 0.174. The van der Waals surface area contributed by atoms with Crippen molar-refractivity contribution in [1.82, 2.24) is 4.90 Å². The third-order valence-electron chi connectivity index (χ3n) is 3.86. The van der Waals surface area contributed by atoms with Crippen LogP contribution in [0.4, 0.5) is 4.79 Å². The quantitative estimate of drug-likeness (QED) is 0.589. The monoisotopic (exact) mass is 285 g/mol. The first kappa shape index (κ1) is 16.2. The van der Waals surface area contributed by atoms with E-state index >= 15 is 0 Å². The number of hydrogen-bond donors (Lipinski definition) is 0. The van der Waals surface area contributed by atoms with Crippen molar-refractivity contribution in [3.8, 4) is 0 Å². The largest absolute Gasteiger partial charge is 0.450 e. The zero-order valence-electron chi connectivity index (χ0n) is 13.0. The Labute approximate surface area is 117 Å². The van der Waals surface area contributed by atoms with Crippen LogP contribution >= 0.6 is 0 Å². The minimum Gasteiger partial charge on any atom is -0.450 e. The van der Waals surface area contributed by atoms with Crippen molar-refractivity contribution < 1.29 is 14.0 Å². The summed E-state index contributed by atoms with van der Waals surface area (Å²) in [6.07, 6.45) is 3.78. The van der Waals surface area contributed by atoms with Crippen molar-refractivity contribution >= 4 is 14.4 Å². The van der Waals surface area contributed by atoms with Crippen LogP contribution in [0, 0.1) is 0 Å². The Morgan fingerprint density at radius 1 is 1.42 bits per heavy atom. The van der Waals surface area contributed by atoms with Gasteiger partial charge in [-0.05, 0) is 25.1 Å². The molecular weight excluding hydrogens is 258 g/mol. The standard InChI is InChI=1S/C14H27NO3Si/c1-7-17-13(16)15-10-8-9-12(11-15)18-19(5,6)14(2,3)4/h8-9,12H,7,10-11H2,1-6H3/t12-/m0/s1. The van der Waals surface area contributed by atoms with Gasteiger partial charge in [-0.15, -0.1) is 0 Å². The molecule has 0 aromatic heterocycles. The maximum atomic E-state index is 11.7. The van der Waals surface area contributed by atoms with Gasteiger partial charge in [0, 0.05) is 6.54 Å². The first-order valence-corrected chi connectivity index (χ1v) is 9.84. The summed E-state index contributed by atoms with van der Waals surface area (Å²) in [6.45, 7) is 14.5. The summed E-state index contributed by atoms with van der Waals surface area (Å²) < 4.78 is 11.3. The van der Waals surface area contributed by atoms with Gasteiger partial charge in [-0.1, -0.05) is 32.9 Å². The second kappa shape index (κ2) is 6.09. The normalized spacial score (nSPS) is 20.5. The van der Waals surface area contributed by atoms with E-state index in [2.05, 4.69) is 39.9 Å². The first-order valence-electron chi connectivity index (χ1n) is 6.93. The highest BCUT2D eigenvalue weighted by molar-refractivity contribution is 6.74. The molecule has 1 aliphatic rings. The van der Waals surface area contributed by atoms with Crippen LogP contribution < -0.4 is 0 Å². The van der Waals surface area contributed by atoms with Gasteiger partial charge < -0.3 is 14.1 Å². The van der Waals surface area contributed by atoms with Gasteiger partial charge >= 0.3 is 6.09 Å². The topological polar surface area (TPSA) is 38.8 Å². The molecule has 1 atom stereocenters. The molecule has 19 heavy (non-hydrogen) atoms. The molecule has 0 aromatic rings. The van der Waals surface area contributed by atoms with Crippen LogP contribution in [0.2, 0.25) is 18.1 Å². The maximum absolute atomic E-state index is 11.7. The number of nitrogens with zero attached hydrogens (tertiary/aromatic N) is 1. The van der Waals surface area contributed by atoms with Gasteiger partial charge in [0.2, 0.25) is 0 Å². The maximum Gasteiger partial charge on any atom is 0.410 e. The fraction of sp³-hybridized carbons (Fsp3) is 0.786. The molecule has 1 amide bonds. The van der Waals surface area contributed by atoms with E-state index in [0.717, 1.165) is 0 Å². The summed E-state index contributed by atoms with van der Waals surface area (Å²) in [5.41, 5.74) is 0. The van der Waals surface area contributed by atoms with Crippen molar-refractivity contribution in [1.29, 1.82) is 0 Å². The third-order valence-corrected chi connectivity index (χ3v) is 8.36. The lowest BCUT2D eigenvalue weighted by Crippen LogP contribution is -2.48. The van der Waals surface area contributed by atoms with E-state index < -0.39 is 8.32 Å². The summed E-state index contributed by atoms with van der Waals surface area (Å²) in [4.78, 5) is 13.4. The summed E-state index contributed by atoms with van der Waals surface area (Å²) in [6, 6.07) is 0. The van der Waals surface area contributed by atoms with Gasteiger partial charge in [-0.2, -0.15) is 0 Å². The molecule has 0 saturated heterocycles. The van der Waals surface area contributed by atoms with Crippen LogP contribution in [0.15, 0.2) is 12.2 Å². The second-order valence-electron chi connectivity index (χ2n) is 6.45. The highest BCUT2D eigenvalue weighted by Crippen LogP contribution is 2.37. The first-order chi connectivity index (χ1) is 8.67. The van der Waals surface area contributed by atoms with Gasteiger partial charge in [0.1, 0.15) is 0 Å². The SMILES string of the molecule is CCOC(=O)N1CC=C[C@H](O[Si](C)(C)C(C)(C)C)C1. The van der Waals surface area contributed by atoms with Gasteiger partial charge in [-0.3, -0.25) is 0 Å². The number of ether oxygens (including phenoxy) is 1. The zero-order valence-corrected chi connectivity index (χ0v) is 14.0. The van der Waals surface area contributed by atoms with Crippen LogP contribution in [0.1, 0.15) is 27.7 Å². The van der Waals surface area contributed by atoms with Crippen molar-refractivity contribution in [2.45, 2.75) is 51.9 Å². The van der Waals surface area contributed by atoms with Crippen LogP contribution in [-0.4, -0.2) is 45.1 Å². The molecule has 0 radical (unpaired) electrons. The van der Waals surface area contributed by atoms with Gasteiger partial charge in [0.05, 0.1) is 19.3 Å². The minimum atomic E-state index is -1.81. The molecule has 0 fully saturated rings. The molecule has 0 aromatic carbocycles. The molecular formula is C14H27NO3Si. The number of amides is 1. The van der Waals surface area contributed by atoms with Crippen molar-refractivity contribution in [2.24, 2.45) is 0 Å². The van der Waals surface area contributed by atoms with Crippen LogP contribution in [0.3, 0.4) is 0 Å².